The topological polar surface area (TPSA) is 66.9 Å². The van der Waals surface area contributed by atoms with Crippen molar-refractivity contribution in [1.82, 2.24) is 15.3 Å². The van der Waals surface area contributed by atoms with Crippen LogP contribution >= 0.6 is 23.2 Å². The van der Waals surface area contributed by atoms with Crippen LogP contribution in [0.5, 0.6) is 0 Å². The number of halogens is 2. The maximum Gasteiger partial charge on any atom is 0.270 e. The Kier molecular flexibility index (Phi) is 6.10. The lowest BCUT2D eigenvalue weighted by Gasteiger charge is -2.16. The summed E-state index contributed by atoms with van der Waals surface area (Å²) in [7, 11) is 0. The molecule has 2 N–H and O–H groups in total. The Morgan fingerprint density at radius 2 is 1.84 bits per heavy atom. The zero-order valence-corrected chi connectivity index (χ0v) is 15.3. The summed E-state index contributed by atoms with van der Waals surface area (Å²) in [5, 5.41) is 7.11. The third-order valence-corrected chi connectivity index (χ3v) is 4.80. The van der Waals surface area contributed by atoms with E-state index in [1.807, 2.05) is 0 Å². The minimum Gasteiger partial charge on any atom is -0.348 e. The van der Waals surface area contributed by atoms with Crippen molar-refractivity contribution in [3.05, 3.63) is 46.2 Å². The van der Waals surface area contributed by atoms with Gasteiger partial charge >= 0.3 is 0 Å². The summed E-state index contributed by atoms with van der Waals surface area (Å²) in [6.45, 7) is 0. The molecule has 1 aliphatic carbocycles. The smallest absolute Gasteiger partial charge is 0.270 e. The van der Waals surface area contributed by atoms with E-state index in [4.69, 9.17) is 23.2 Å². The van der Waals surface area contributed by atoms with Gasteiger partial charge in [0.2, 0.25) is 5.95 Å². The molecule has 25 heavy (non-hydrogen) atoms. The molecule has 0 atom stereocenters. The van der Waals surface area contributed by atoms with Crippen LogP contribution in [0.25, 0.3) is 0 Å². The average Bonchev–Trinajstić information content (AvgIpc) is 2.86. The van der Waals surface area contributed by atoms with Crippen LogP contribution < -0.4 is 10.6 Å². The second kappa shape index (κ2) is 8.50. The fraction of sp³-hybridized carbons (Fsp3) is 0.389. The van der Waals surface area contributed by atoms with Gasteiger partial charge in [-0.15, -0.1) is 0 Å². The summed E-state index contributed by atoms with van der Waals surface area (Å²) in [4.78, 5) is 20.9. The van der Waals surface area contributed by atoms with Crippen molar-refractivity contribution in [3.8, 4) is 0 Å². The summed E-state index contributed by atoms with van der Waals surface area (Å²) >= 11 is 12.0. The standard InChI is InChI=1S/C18H20Cl2N4O/c19-12-7-8-15(14(20)11-12)23-18-21-10-9-16(24-18)17(25)22-13-5-3-1-2-4-6-13/h7-11,13H,1-6H2,(H,22,25)(H,21,23,24). The highest BCUT2D eigenvalue weighted by Crippen LogP contribution is 2.27. The lowest BCUT2D eigenvalue weighted by atomic mass is 10.1. The number of anilines is 2. The molecule has 0 saturated heterocycles. The van der Waals surface area contributed by atoms with Crippen molar-refractivity contribution in [1.29, 1.82) is 0 Å². The molecule has 0 spiro atoms. The number of nitrogens with zero attached hydrogens (tertiary/aromatic N) is 2. The first-order valence-corrected chi connectivity index (χ1v) is 9.23. The van der Waals surface area contributed by atoms with Gasteiger partial charge in [0.05, 0.1) is 10.7 Å². The van der Waals surface area contributed by atoms with Gasteiger partial charge in [0, 0.05) is 17.3 Å². The number of nitrogens with one attached hydrogen (secondary N) is 2. The van der Waals surface area contributed by atoms with E-state index in [2.05, 4.69) is 20.6 Å². The fourth-order valence-electron chi connectivity index (χ4n) is 2.94. The molecule has 1 saturated carbocycles. The molecule has 1 aromatic carbocycles. The van der Waals surface area contributed by atoms with Crippen LogP contribution in [0.15, 0.2) is 30.5 Å². The van der Waals surface area contributed by atoms with Crippen molar-refractivity contribution in [2.45, 2.75) is 44.6 Å². The van der Waals surface area contributed by atoms with Gasteiger partial charge in [0.1, 0.15) is 5.69 Å². The monoisotopic (exact) mass is 378 g/mol. The van der Waals surface area contributed by atoms with Gasteiger partial charge in [0.25, 0.3) is 5.91 Å². The Hall–Kier alpha value is -1.85. The van der Waals surface area contributed by atoms with E-state index in [-0.39, 0.29) is 11.9 Å². The quantitative estimate of drug-likeness (QED) is 0.736. The number of aromatic nitrogens is 2. The van der Waals surface area contributed by atoms with Crippen LogP contribution in [0.4, 0.5) is 11.6 Å². The Morgan fingerprint density at radius 3 is 2.56 bits per heavy atom. The lowest BCUT2D eigenvalue weighted by Crippen LogP contribution is -2.35. The van der Waals surface area contributed by atoms with Gasteiger partial charge in [-0.2, -0.15) is 0 Å². The van der Waals surface area contributed by atoms with Crippen molar-refractivity contribution < 1.29 is 4.79 Å². The maximum atomic E-state index is 12.5. The predicted molar refractivity (Wildman–Crippen MR) is 101 cm³/mol. The maximum absolute atomic E-state index is 12.5. The molecule has 0 radical (unpaired) electrons. The van der Waals surface area contributed by atoms with Gasteiger partial charge in [-0.25, -0.2) is 9.97 Å². The number of hydrogen-bond donors (Lipinski definition) is 2. The van der Waals surface area contributed by atoms with Crippen LogP contribution in [-0.4, -0.2) is 21.9 Å². The zero-order chi connectivity index (χ0) is 17.6. The van der Waals surface area contributed by atoms with Gasteiger partial charge < -0.3 is 10.6 Å². The van der Waals surface area contributed by atoms with E-state index in [1.165, 1.54) is 12.8 Å². The highest BCUT2D eigenvalue weighted by Gasteiger charge is 2.17. The fourth-order valence-corrected chi connectivity index (χ4v) is 3.40. The normalized spacial score (nSPS) is 15.4. The second-order valence-electron chi connectivity index (χ2n) is 6.18. The van der Waals surface area contributed by atoms with E-state index in [0.717, 1.165) is 25.7 Å². The molecule has 5 nitrogen and oxygen atoms in total. The molecule has 1 aromatic heterocycles. The summed E-state index contributed by atoms with van der Waals surface area (Å²) in [5.74, 6) is 0.150. The Bertz CT molecular complexity index is 746. The van der Waals surface area contributed by atoms with Gasteiger partial charge in [-0.3, -0.25) is 4.79 Å². The van der Waals surface area contributed by atoms with E-state index in [0.29, 0.717) is 27.4 Å². The number of benzene rings is 1. The van der Waals surface area contributed by atoms with Gasteiger partial charge in [-0.1, -0.05) is 48.9 Å². The third-order valence-electron chi connectivity index (χ3n) is 4.26. The first-order valence-electron chi connectivity index (χ1n) is 8.48. The van der Waals surface area contributed by atoms with E-state index >= 15 is 0 Å². The predicted octanol–water partition coefficient (Wildman–Crippen LogP) is 4.98. The summed E-state index contributed by atoms with van der Waals surface area (Å²) in [5.41, 5.74) is 0.972. The molecule has 3 rings (SSSR count). The van der Waals surface area contributed by atoms with E-state index < -0.39 is 0 Å². The van der Waals surface area contributed by atoms with Crippen LogP contribution in [0.2, 0.25) is 10.0 Å². The molecule has 2 aromatic rings. The van der Waals surface area contributed by atoms with E-state index in [1.54, 1.807) is 30.5 Å². The summed E-state index contributed by atoms with van der Waals surface area (Å²) in [6, 6.07) is 6.94. The van der Waals surface area contributed by atoms with Crippen LogP contribution in [0, 0.1) is 0 Å². The highest BCUT2D eigenvalue weighted by atomic mass is 35.5. The zero-order valence-electron chi connectivity index (χ0n) is 13.8. The third kappa shape index (κ3) is 5.06. The lowest BCUT2D eigenvalue weighted by molar-refractivity contribution is 0.0928. The van der Waals surface area contributed by atoms with Crippen molar-refractivity contribution in [3.63, 3.8) is 0 Å². The molecule has 0 bridgehead atoms. The first-order chi connectivity index (χ1) is 12.1. The van der Waals surface area contributed by atoms with Crippen molar-refractivity contribution in [2.24, 2.45) is 0 Å². The van der Waals surface area contributed by atoms with Crippen LogP contribution in [0.3, 0.4) is 0 Å². The molecule has 0 aliphatic heterocycles. The summed E-state index contributed by atoms with van der Waals surface area (Å²) in [6.07, 6.45) is 8.44. The number of carbonyl (C=O) groups is 1. The van der Waals surface area contributed by atoms with Crippen molar-refractivity contribution in [2.75, 3.05) is 5.32 Å². The second-order valence-corrected chi connectivity index (χ2v) is 7.02. The SMILES string of the molecule is O=C(NC1CCCCCC1)c1ccnc(Nc2ccc(Cl)cc2Cl)n1. The average molecular weight is 379 g/mol. The summed E-state index contributed by atoms with van der Waals surface area (Å²) < 4.78 is 0. The molecule has 1 amide bonds. The first kappa shape index (κ1) is 18.0. The van der Waals surface area contributed by atoms with Crippen LogP contribution in [0.1, 0.15) is 49.0 Å². The highest BCUT2D eigenvalue weighted by molar-refractivity contribution is 6.36. The number of amides is 1. The Labute approximate surface area is 157 Å². The molecule has 7 heteroatoms. The molecule has 1 heterocycles. The molecule has 1 fully saturated rings. The number of carbonyl (C=O) groups excluding carboxylic acids is 1. The molecule has 132 valence electrons. The number of rotatable bonds is 4. The molecular formula is C18H20Cl2N4O. The Balaban J connectivity index is 1.68. The molecule has 1 aliphatic rings. The minimum absolute atomic E-state index is 0.167. The van der Waals surface area contributed by atoms with E-state index in [9.17, 15) is 4.79 Å². The Morgan fingerprint density at radius 1 is 1.08 bits per heavy atom. The van der Waals surface area contributed by atoms with Gasteiger partial charge in [0.15, 0.2) is 0 Å². The largest absolute Gasteiger partial charge is 0.348 e. The molecular weight excluding hydrogens is 359 g/mol. The minimum atomic E-state index is -0.167. The van der Waals surface area contributed by atoms with Crippen molar-refractivity contribution >= 4 is 40.7 Å². The van der Waals surface area contributed by atoms with Crippen LogP contribution in [-0.2, 0) is 0 Å². The molecule has 0 unspecified atom stereocenters. The number of hydrogen-bond acceptors (Lipinski definition) is 4. The van der Waals surface area contributed by atoms with Gasteiger partial charge in [-0.05, 0) is 37.1 Å².